The summed E-state index contributed by atoms with van der Waals surface area (Å²) in [6.45, 7) is 5.30. The zero-order valence-electron chi connectivity index (χ0n) is 12.6. The van der Waals surface area contributed by atoms with E-state index in [1.807, 2.05) is 12.1 Å². The largest absolute Gasteiger partial charge is 0.314 e. The molecular weight excluding hydrogens is 252 g/mol. The first-order chi connectivity index (χ1) is 9.69. The molecule has 0 aromatic heterocycles. The molecule has 1 aromatic carbocycles. The van der Waals surface area contributed by atoms with Gasteiger partial charge in [0.2, 0.25) is 0 Å². The first-order valence-electron chi connectivity index (χ1n) is 7.64. The molecule has 1 atom stereocenters. The molecule has 1 aromatic rings. The standard InChI is InChI=1S/C16H26N2O2/c1-3-5-6-10-15(17-12-4-2)13-14-9-7-8-11-16(14)18(19)20/h7-9,11,15,17H,3-6,10,12-13H2,1-2H3. The molecule has 4 heteroatoms. The van der Waals surface area contributed by atoms with E-state index in [9.17, 15) is 10.1 Å². The molecule has 0 aliphatic rings. The average molecular weight is 278 g/mol. The van der Waals surface area contributed by atoms with Crippen molar-refractivity contribution in [3.63, 3.8) is 0 Å². The maximum Gasteiger partial charge on any atom is 0.272 e. The van der Waals surface area contributed by atoms with Gasteiger partial charge in [0.25, 0.3) is 5.69 Å². The molecule has 0 saturated heterocycles. The summed E-state index contributed by atoms with van der Waals surface area (Å²) in [7, 11) is 0. The fraction of sp³-hybridized carbons (Fsp3) is 0.625. The smallest absolute Gasteiger partial charge is 0.272 e. The molecule has 112 valence electrons. The van der Waals surface area contributed by atoms with E-state index in [0.717, 1.165) is 31.4 Å². The molecule has 0 spiro atoms. The van der Waals surface area contributed by atoms with Crippen LogP contribution in [0.15, 0.2) is 24.3 Å². The number of nitrogens with one attached hydrogen (secondary N) is 1. The number of unbranched alkanes of at least 4 members (excludes halogenated alkanes) is 2. The predicted molar refractivity (Wildman–Crippen MR) is 83.0 cm³/mol. The Labute approximate surface area is 121 Å². The van der Waals surface area contributed by atoms with E-state index in [2.05, 4.69) is 19.2 Å². The van der Waals surface area contributed by atoms with E-state index < -0.39 is 0 Å². The lowest BCUT2D eigenvalue weighted by molar-refractivity contribution is -0.385. The van der Waals surface area contributed by atoms with Crippen molar-refractivity contribution in [2.75, 3.05) is 6.54 Å². The first kappa shape index (κ1) is 16.6. The highest BCUT2D eigenvalue weighted by atomic mass is 16.6. The molecule has 0 aliphatic carbocycles. The van der Waals surface area contributed by atoms with Crippen LogP contribution in [0.1, 0.15) is 51.5 Å². The van der Waals surface area contributed by atoms with E-state index >= 15 is 0 Å². The van der Waals surface area contributed by atoms with Crippen LogP contribution in [0.2, 0.25) is 0 Å². The Kier molecular flexibility index (Phi) is 7.88. The summed E-state index contributed by atoms with van der Waals surface area (Å²) in [5, 5.41) is 14.6. The number of nitro groups is 1. The van der Waals surface area contributed by atoms with E-state index in [0.29, 0.717) is 6.04 Å². The fourth-order valence-electron chi connectivity index (χ4n) is 2.39. The summed E-state index contributed by atoms with van der Waals surface area (Å²) < 4.78 is 0. The lowest BCUT2D eigenvalue weighted by atomic mass is 9.99. The Hall–Kier alpha value is -1.42. The van der Waals surface area contributed by atoms with Gasteiger partial charge in [-0.15, -0.1) is 0 Å². The summed E-state index contributed by atoms with van der Waals surface area (Å²) in [4.78, 5) is 10.8. The van der Waals surface area contributed by atoms with Crippen LogP contribution in [0.4, 0.5) is 5.69 Å². The van der Waals surface area contributed by atoms with Gasteiger partial charge in [-0.25, -0.2) is 0 Å². The van der Waals surface area contributed by atoms with Crippen molar-refractivity contribution < 1.29 is 4.92 Å². The van der Waals surface area contributed by atoms with E-state index in [4.69, 9.17) is 0 Å². The Balaban J connectivity index is 2.69. The number of rotatable bonds is 10. The Morgan fingerprint density at radius 1 is 1.20 bits per heavy atom. The van der Waals surface area contributed by atoms with Gasteiger partial charge < -0.3 is 5.32 Å². The third kappa shape index (κ3) is 5.70. The van der Waals surface area contributed by atoms with Crippen LogP contribution >= 0.6 is 0 Å². The molecule has 0 bridgehead atoms. The zero-order valence-corrected chi connectivity index (χ0v) is 12.6. The van der Waals surface area contributed by atoms with Crippen LogP contribution in [0.5, 0.6) is 0 Å². The number of para-hydroxylation sites is 1. The lowest BCUT2D eigenvalue weighted by Gasteiger charge is -2.18. The SMILES string of the molecule is CCCCCC(Cc1ccccc1[N+](=O)[O-])NCCC. The molecule has 0 fully saturated rings. The lowest BCUT2D eigenvalue weighted by Crippen LogP contribution is -2.32. The van der Waals surface area contributed by atoms with Gasteiger partial charge in [-0.1, -0.05) is 51.3 Å². The highest BCUT2D eigenvalue weighted by Gasteiger charge is 2.16. The summed E-state index contributed by atoms with van der Waals surface area (Å²) in [5.41, 5.74) is 1.08. The van der Waals surface area contributed by atoms with Crippen molar-refractivity contribution in [2.24, 2.45) is 0 Å². The fourth-order valence-corrected chi connectivity index (χ4v) is 2.39. The predicted octanol–water partition coefficient (Wildman–Crippen LogP) is 4.09. The molecule has 0 saturated carbocycles. The summed E-state index contributed by atoms with van der Waals surface area (Å²) in [6.07, 6.45) is 6.51. The second-order valence-corrected chi connectivity index (χ2v) is 5.24. The van der Waals surface area contributed by atoms with Crippen molar-refractivity contribution in [3.05, 3.63) is 39.9 Å². The third-order valence-corrected chi connectivity index (χ3v) is 3.49. The van der Waals surface area contributed by atoms with Crippen LogP contribution in [-0.2, 0) is 6.42 Å². The summed E-state index contributed by atoms with van der Waals surface area (Å²) >= 11 is 0. The molecule has 0 heterocycles. The van der Waals surface area contributed by atoms with Crippen molar-refractivity contribution in [1.82, 2.24) is 5.32 Å². The topological polar surface area (TPSA) is 55.2 Å². The van der Waals surface area contributed by atoms with Crippen LogP contribution in [-0.4, -0.2) is 17.5 Å². The highest BCUT2D eigenvalue weighted by molar-refractivity contribution is 5.40. The average Bonchev–Trinajstić information content (AvgIpc) is 2.45. The van der Waals surface area contributed by atoms with Gasteiger partial charge in [0.15, 0.2) is 0 Å². The minimum Gasteiger partial charge on any atom is -0.314 e. The minimum absolute atomic E-state index is 0.242. The van der Waals surface area contributed by atoms with Crippen LogP contribution in [0.3, 0.4) is 0 Å². The first-order valence-corrected chi connectivity index (χ1v) is 7.64. The molecule has 1 rings (SSSR count). The van der Waals surface area contributed by atoms with E-state index in [1.165, 1.54) is 19.3 Å². The molecule has 20 heavy (non-hydrogen) atoms. The van der Waals surface area contributed by atoms with Gasteiger partial charge >= 0.3 is 0 Å². The molecule has 0 aliphatic heterocycles. The quantitative estimate of drug-likeness (QED) is 0.398. The number of benzene rings is 1. The maximum absolute atomic E-state index is 11.1. The van der Waals surface area contributed by atoms with Crippen LogP contribution < -0.4 is 5.32 Å². The van der Waals surface area contributed by atoms with Gasteiger partial charge in [0.05, 0.1) is 4.92 Å². The van der Waals surface area contributed by atoms with Gasteiger partial charge in [-0.2, -0.15) is 0 Å². The third-order valence-electron chi connectivity index (χ3n) is 3.49. The number of hydrogen-bond donors (Lipinski definition) is 1. The van der Waals surface area contributed by atoms with Crippen LogP contribution in [0.25, 0.3) is 0 Å². The van der Waals surface area contributed by atoms with Crippen LogP contribution in [0, 0.1) is 10.1 Å². The molecule has 0 amide bonds. The number of nitro benzene ring substituents is 1. The second kappa shape index (κ2) is 9.48. The monoisotopic (exact) mass is 278 g/mol. The minimum atomic E-state index is -0.280. The maximum atomic E-state index is 11.1. The van der Waals surface area contributed by atoms with Gasteiger partial charge in [-0.3, -0.25) is 10.1 Å². The van der Waals surface area contributed by atoms with Crippen molar-refractivity contribution in [3.8, 4) is 0 Å². The number of hydrogen-bond acceptors (Lipinski definition) is 3. The zero-order chi connectivity index (χ0) is 14.8. The van der Waals surface area contributed by atoms with E-state index in [-0.39, 0.29) is 10.6 Å². The van der Waals surface area contributed by atoms with E-state index in [1.54, 1.807) is 12.1 Å². The Morgan fingerprint density at radius 2 is 1.95 bits per heavy atom. The second-order valence-electron chi connectivity index (χ2n) is 5.24. The molecule has 0 radical (unpaired) electrons. The van der Waals surface area contributed by atoms with Gasteiger partial charge in [0, 0.05) is 17.7 Å². The van der Waals surface area contributed by atoms with Gasteiger partial charge in [0.1, 0.15) is 0 Å². The molecule has 1 N–H and O–H groups in total. The van der Waals surface area contributed by atoms with Crippen molar-refractivity contribution >= 4 is 5.69 Å². The summed E-state index contributed by atoms with van der Waals surface area (Å²) in [5.74, 6) is 0. The van der Waals surface area contributed by atoms with Crippen molar-refractivity contribution in [2.45, 2.75) is 58.4 Å². The van der Waals surface area contributed by atoms with Gasteiger partial charge in [-0.05, 0) is 25.8 Å². The molecule has 4 nitrogen and oxygen atoms in total. The summed E-state index contributed by atoms with van der Waals surface area (Å²) in [6, 6.07) is 7.41. The normalized spacial score (nSPS) is 12.3. The van der Waals surface area contributed by atoms with Crippen molar-refractivity contribution in [1.29, 1.82) is 0 Å². The molecular formula is C16H26N2O2. The number of nitrogens with zero attached hydrogens (tertiary/aromatic N) is 1. The Morgan fingerprint density at radius 3 is 2.60 bits per heavy atom. The Bertz CT molecular complexity index is 407. The highest BCUT2D eigenvalue weighted by Crippen LogP contribution is 2.20. The molecule has 1 unspecified atom stereocenters.